The molecule has 5 heteroatoms. The van der Waals surface area contributed by atoms with Crippen molar-refractivity contribution < 1.29 is 19.4 Å². The van der Waals surface area contributed by atoms with Crippen molar-refractivity contribution >= 4 is 6.09 Å². The third-order valence-corrected chi connectivity index (χ3v) is 3.85. The fourth-order valence-electron chi connectivity index (χ4n) is 2.60. The number of alkyl carbamates (subject to hydrolysis) is 1. The number of aliphatic hydroxyl groups excluding tert-OH is 1. The van der Waals surface area contributed by atoms with E-state index in [0.717, 1.165) is 16.9 Å². The fraction of sp³-hybridized carbons (Fsp3) is 0.409. The Labute approximate surface area is 161 Å². The van der Waals surface area contributed by atoms with Crippen LogP contribution < -0.4 is 10.1 Å². The first-order valence-corrected chi connectivity index (χ1v) is 9.22. The minimum absolute atomic E-state index is 0.00126. The summed E-state index contributed by atoms with van der Waals surface area (Å²) in [5.41, 5.74) is 1.62. The highest BCUT2D eigenvalue weighted by atomic mass is 16.6. The topological polar surface area (TPSA) is 67.8 Å². The minimum Gasteiger partial charge on any atom is -0.489 e. The van der Waals surface area contributed by atoms with E-state index in [4.69, 9.17) is 9.47 Å². The van der Waals surface area contributed by atoms with Gasteiger partial charge >= 0.3 is 6.09 Å². The van der Waals surface area contributed by atoms with E-state index in [1.807, 2.05) is 75.4 Å². The number of carbonyl (C=O) groups is 1. The van der Waals surface area contributed by atoms with Gasteiger partial charge in [0.05, 0.1) is 0 Å². The molecule has 0 aromatic heterocycles. The Morgan fingerprint density at radius 2 is 1.70 bits per heavy atom. The average Bonchev–Trinajstić information content (AvgIpc) is 2.60. The van der Waals surface area contributed by atoms with E-state index in [9.17, 15) is 9.90 Å². The zero-order chi connectivity index (χ0) is 19.7. The molecule has 27 heavy (non-hydrogen) atoms. The van der Waals surface area contributed by atoms with Gasteiger partial charge in [-0.15, -0.1) is 0 Å². The summed E-state index contributed by atoms with van der Waals surface area (Å²) in [5.74, 6) is 0.793. The molecular weight excluding hydrogens is 342 g/mol. The highest BCUT2D eigenvalue weighted by molar-refractivity contribution is 5.68. The molecule has 0 radical (unpaired) electrons. The lowest BCUT2D eigenvalue weighted by Crippen LogP contribution is -2.40. The van der Waals surface area contributed by atoms with Crippen LogP contribution in [0.5, 0.6) is 5.75 Å². The molecular formula is C22H29NO4. The highest BCUT2D eigenvalue weighted by Crippen LogP contribution is 2.16. The number of hydrogen-bond acceptors (Lipinski definition) is 4. The van der Waals surface area contributed by atoms with Crippen LogP contribution in [0.15, 0.2) is 54.6 Å². The van der Waals surface area contributed by atoms with Gasteiger partial charge in [-0.25, -0.2) is 4.79 Å². The summed E-state index contributed by atoms with van der Waals surface area (Å²) in [6, 6.07) is 17.6. The van der Waals surface area contributed by atoms with Gasteiger partial charge in [0.2, 0.25) is 0 Å². The standard InChI is InChI=1S/C22H29NO4/c1-22(2,3)27-21(25)23-19(13-14-24)15-17-9-11-20(12-10-17)26-16-18-7-5-4-6-8-18/h4-12,19,24H,13-16H2,1-3H3,(H,23,25)/t19-/m1/s1. The SMILES string of the molecule is CC(C)(C)OC(=O)N[C@H](CCO)Cc1ccc(OCc2ccccc2)cc1. The molecule has 5 nitrogen and oxygen atoms in total. The van der Waals surface area contributed by atoms with Gasteiger partial charge in [-0.3, -0.25) is 0 Å². The van der Waals surface area contributed by atoms with E-state index in [1.165, 1.54) is 0 Å². The second kappa shape index (κ2) is 9.97. The summed E-state index contributed by atoms with van der Waals surface area (Å²) in [7, 11) is 0. The van der Waals surface area contributed by atoms with Gasteiger partial charge in [0.15, 0.2) is 0 Å². The maximum Gasteiger partial charge on any atom is 0.407 e. The number of hydrogen-bond donors (Lipinski definition) is 2. The summed E-state index contributed by atoms with van der Waals surface area (Å²) in [6.07, 6.45) is 0.605. The number of rotatable bonds is 8. The third kappa shape index (κ3) is 8.13. The Morgan fingerprint density at radius 3 is 2.30 bits per heavy atom. The van der Waals surface area contributed by atoms with Crippen LogP contribution in [0.25, 0.3) is 0 Å². The Balaban J connectivity index is 1.89. The summed E-state index contributed by atoms with van der Waals surface area (Å²) in [6.45, 7) is 5.98. The molecule has 0 bridgehead atoms. The molecule has 0 heterocycles. The number of nitrogens with one attached hydrogen (secondary N) is 1. The van der Waals surface area contributed by atoms with Crippen LogP contribution in [-0.4, -0.2) is 29.4 Å². The van der Waals surface area contributed by atoms with Crippen molar-refractivity contribution in [1.29, 1.82) is 0 Å². The van der Waals surface area contributed by atoms with Crippen LogP contribution in [0.2, 0.25) is 0 Å². The van der Waals surface area contributed by atoms with Gasteiger partial charge in [-0.2, -0.15) is 0 Å². The molecule has 0 aliphatic carbocycles. The first kappa shape index (κ1) is 20.8. The Bertz CT molecular complexity index is 693. The van der Waals surface area contributed by atoms with Crippen LogP contribution in [0, 0.1) is 0 Å². The summed E-state index contributed by atoms with van der Waals surface area (Å²) >= 11 is 0. The third-order valence-electron chi connectivity index (χ3n) is 3.85. The lowest BCUT2D eigenvalue weighted by Gasteiger charge is -2.23. The van der Waals surface area contributed by atoms with Crippen LogP contribution in [0.4, 0.5) is 4.79 Å². The van der Waals surface area contributed by atoms with E-state index >= 15 is 0 Å². The predicted octanol–water partition coefficient (Wildman–Crippen LogP) is 4.08. The summed E-state index contributed by atoms with van der Waals surface area (Å²) in [4.78, 5) is 12.0. The molecule has 2 aromatic rings. The number of carbonyl (C=O) groups excluding carboxylic acids is 1. The van der Waals surface area contributed by atoms with E-state index in [2.05, 4.69) is 5.32 Å². The quantitative estimate of drug-likeness (QED) is 0.734. The zero-order valence-corrected chi connectivity index (χ0v) is 16.3. The number of amides is 1. The Morgan fingerprint density at radius 1 is 1.04 bits per heavy atom. The molecule has 0 aliphatic heterocycles. The van der Waals surface area contributed by atoms with Crippen LogP contribution in [0.3, 0.4) is 0 Å². The van der Waals surface area contributed by atoms with Crippen molar-refractivity contribution in [2.45, 2.75) is 51.9 Å². The van der Waals surface area contributed by atoms with Crippen LogP contribution >= 0.6 is 0 Å². The fourth-order valence-corrected chi connectivity index (χ4v) is 2.60. The van der Waals surface area contributed by atoms with Gasteiger partial charge in [-0.05, 0) is 56.9 Å². The molecule has 0 fully saturated rings. The van der Waals surface area contributed by atoms with Gasteiger partial charge in [0, 0.05) is 12.6 Å². The lowest BCUT2D eigenvalue weighted by molar-refractivity contribution is 0.0497. The van der Waals surface area contributed by atoms with Gasteiger partial charge in [-0.1, -0.05) is 42.5 Å². The van der Waals surface area contributed by atoms with E-state index in [0.29, 0.717) is 19.4 Å². The molecule has 2 rings (SSSR count). The Hall–Kier alpha value is -2.53. The van der Waals surface area contributed by atoms with Crippen LogP contribution in [0.1, 0.15) is 38.3 Å². The van der Waals surface area contributed by atoms with Gasteiger partial charge < -0.3 is 19.9 Å². The molecule has 0 spiro atoms. The largest absolute Gasteiger partial charge is 0.489 e. The van der Waals surface area contributed by atoms with E-state index < -0.39 is 11.7 Å². The molecule has 1 atom stereocenters. The number of ether oxygens (including phenoxy) is 2. The van der Waals surface area contributed by atoms with E-state index in [1.54, 1.807) is 0 Å². The lowest BCUT2D eigenvalue weighted by atomic mass is 10.0. The average molecular weight is 371 g/mol. The zero-order valence-electron chi connectivity index (χ0n) is 16.3. The minimum atomic E-state index is -0.550. The van der Waals surface area contributed by atoms with Crippen LogP contribution in [-0.2, 0) is 17.8 Å². The van der Waals surface area contributed by atoms with Crippen molar-refractivity contribution in [3.63, 3.8) is 0 Å². The highest BCUT2D eigenvalue weighted by Gasteiger charge is 2.19. The van der Waals surface area contributed by atoms with Gasteiger partial charge in [0.1, 0.15) is 18.0 Å². The maximum atomic E-state index is 12.0. The molecule has 2 aromatic carbocycles. The molecule has 0 saturated carbocycles. The molecule has 1 amide bonds. The van der Waals surface area contributed by atoms with Crippen molar-refractivity contribution in [2.75, 3.05) is 6.61 Å². The monoisotopic (exact) mass is 371 g/mol. The summed E-state index contributed by atoms with van der Waals surface area (Å²) < 4.78 is 11.1. The molecule has 146 valence electrons. The maximum absolute atomic E-state index is 12.0. The molecule has 2 N–H and O–H groups in total. The predicted molar refractivity (Wildman–Crippen MR) is 106 cm³/mol. The first-order valence-electron chi connectivity index (χ1n) is 9.22. The molecule has 0 saturated heterocycles. The second-order valence-electron chi connectivity index (χ2n) is 7.48. The van der Waals surface area contributed by atoms with Gasteiger partial charge in [0.25, 0.3) is 0 Å². The normalized spacial score (nSPS) is 12.3. The molecule has 0 aliphatic rings. The number of aliphatic hydroxyl groups is 1. The summed E-state index contributed by atoms with van der Waals surface area (Å²) in [5, 5.41) is 12.1. The van der Waals surface area contributed by atoms with Crippen molar-refractivity contribution in [3.05, 3.63) is 65.7 Å². The number of benzene rings is 2. The van der Waals surface area contributed by atoms with E-state index in [-0.39, 0.29) is 12.6 Å². The van der Waals surface area contributed by atoms with Crippen molar-refractivity contribution in [3.8, 4) is 5.75 Å². The smallest absolute Gasteiger partial charge is 0.407 e. The molecule has 0 unspecified atom stereocenters. The first-order chi connectivity index (χ1) is 12.9. The van der Waals surface area contributed by atoms with Crippen molar-refractivity contribution in [1.82, 2.24) is 5.32 Å². The Kier molecular flexibility index (Phi) is 7.67. The second-order valence-corrected chi connectivity index (χ2v) is 7.48. The van der Waals surface area contributed by atoms with Crippen molar-refractivity contribution in [2.24, 2.45) is 0 Å².